The Balaban J connectivity index is 0.00000280. The molecule has 3 heterocycles. The van der Waals surface area contributed by atoms with Crippen LogP contribution in [0.5, 0.6) is 0 Å². The zero-order valence-electron chi connectivity index (χ0n) is 16.1. The summed E-state index contributed by atoms with van der Waals surface area (Å²) in [6, 6.07) is 4.01. The van der Waals surface area contributed by atoms with Crippen LogP contribution < -0.4 is 10.6 Å². The quantitative estimate of drug-likeness (QED) is 0.276. The second kappa shape index (κ2) is 11.7. The number of imidazole rings is 1. The van der Waals surface area contributed by atoms with Gasteiger partial charge in [-0.1, -0.05) is 13.0 Å². The number of aryl methyl sites for hydroxylation is 1. The van der Waals surface area contributed by atoms with Crippen molar-refractivity contribution in [2.24, 2.45) is 4.99 Å². The van der Waals surface area contributed by atoms with Gasteiger partial charge in [0.1, 0.15) is 12.1 Å². The molecule has 0 fully saturated rings. The van der Waals surface area contributed by atoms with Gasteiger partial charge in [-0.15, -0.1) is 35.3 Å². The number of pyridine rings is 1. The van der Waals surface area contributed by atoms with Crippen molar-refractivity contribution in [3.05, 3.63) is 58.7 Å². The van der Waals surface area contributed by atoms with Crippen LogP contribution in [-0.4, -0.2) is 38.6 Å². The number of rotatable bonds is 8. The highest BCUT2D eigenvalue weighted by molar-refractivity contribution is 14.0. The van der Waals surface area contributed by atoms with Gasteiger partial charge in [0.05, 0.1) is 11.6 Å². The molecule has 0 amide bonds. The first-order valence-corrected chi connectivity index (χ1v) is 9.99. The van der Waals surface area contributed by atoms with E-state index in [1.165, 1.54) is 4.88 Å². The van der Waals surface area contributed by atoms with Crippen LogP contribution in [0.2, 0.25) is 0 Å². The Morgan fingerprint density at radius 2 is 2.07 bits per heavy atom. The van der Waals surface area contributed by atoms with Gasteiger partial charge in [0, 0.05) is 49.2 Å². The molecule has 0 aliphatic carbocycles. The Labute approximate surface area is 186 Å². The topological polar surface area (TPSA) is 80.0 Å². The second-order valence-electron chi connectivity index (χ2n) is 5.94. The fourth-order valence-electron chi connectivity index (χ4n) is 2.48. The lowest BCUT2D eigenvalue weighted by molar-refractivity contribution is 0.796. The molecule has 0 bridgehead atoms. The van der Waals surface area contributed by atoms with Gasteiger partial charge in [-0.25, -0.2) is 19.9 Å². The molecule has 28 heavy (non-hydrogen) atoms. The van der Waals surface area contributed by atoms with Crippen LogP contribution in [0.15, 0.2) is 48.2 Å². The molecule has 0 aromatic carbocycles. The number of nitrogens with one attached hydrogen (secondary N) is 2. The normalized spacial score (nSPS) is 11.1. The molecule has 3 aromatic heterocycles. The lowest BCUT2D eigenvalue weighted by Crippen LogP contribution is -2.38. The van der Waals surface area contributed by atoms with E-state index < -0.39 is 0 Å². The molecule has 0 spiro atoms. The summed E-state index contributed by atoms with van der Waals surface area (Å²) in [7, 11) is 0. The average Bonchev–Trinajstić information content (AvgIpc) is 3.38. The third-order valence-corrected chi connectivity index (χ3v) is 5.12. The number of aliphatic imine (C=N–C) groups is 1. The van der Waals surface area contributed by atoms with E-state index in [1.54, 1.807) is 23.9 Å². The molecule has 3 rings (SSSR count). The number of hydrogen-bond acceptors (Lipinski definition) is 5. The summed E-state index contributed by atoms with van der Waals surface area (Å²) >= 11 is 1.78. The van der Waals surface area contributed by atoms with Gasteiger partial charge in [0.2, 0.25) is 0 Å². The summed E-state index contributed by atoms with van der Waals surface area (Å²) in [5.41, 5.74) is 1.06. The molecule has 2 N–H and O–H groups in total. The minimum absolute atomic E-state index is 0. The molecule has 0 saturated carbocycles. The molecule has 0 aliphatic heterocycles. The minimum atomic E-state index is 0. The Bertz CT molecular complexity index is 844. The van der Waals surface area contributed by atoms with Crippen LogP contribution in [-0.2, 0) is 19.4 Å². The monoisotopic (exact) mass is 511 g/mol. The molecule has 0 saturated heterocycles. The first kappa shape index (κ1) is 22.3. The van der Waals surface area contributed by atoms with Crippen molar-refractivity contribution in [3.8, 4) is 5.82 Å². The summed E-state index contributed by atoms with van der Waals surface area (Å²) in [6.45, 7) is 6.42. The summed E-state index contributed by atoms with van der Waals surface area (Å²) in [6.07, 6.45) is 11.1. The molecule has 0 atom stereocenters. The van der Waals surface area contributed by atoms with Gasteiger partial charge in [0.25, 0.3) is 0 Å². The van der Waals surface area contributed by atoms with E-state index in [0.29, 0.717) is 6.54 Å². The first-order valence-electron chi connectivity index (χ1n) is 9.17. The number of halogens is 1. The van der Waals surface area contributed by atoms with E-state index in [-0.39, 0.29) is 24.0 Å². The molecular weight excluding hydrogens is 485 g/mol. The molecule has 150 valence electrons. The first-order chi connectivity index (χ1) is 13.3. The largest absolute Gasteiger partial charge is 0.357 e. The second-order valence-corrected chi connectivity index (χ2v) is 7.14. The van der Waals surface area contributed by atoms with E-state index in [1.807, 2.05) is 35.3 Å². The zero-order valence-corrected chi connectivity index (χ0v) is 19.3. The van der Waals surface area contributed by atoms with Crippen molar-refractivity contribution >= 4 is 41.3 Å². The number of thiazole rings is 1. The lowest BCUT2D eigenvalue weighted by Gasteiger charge is -2.10. The number of guanidine groups is 1. The highest BCUT2D eigenvalue weighted by Crippen LogP contribution is 2.13. The van der Waals surface area contributed by atoms with Crippen molar-refractivity contribution in [1.29, 1.82) is 0 Å². The molecule has 0 unspecified atom stereocenters. The van der Waals surface area contributed by atoms with Crippen LogP contribution in [0, 0.1) is 0 Å². The minimum Gasteiger partial charge on any atom is -0.357 e. The maximum Gasteiger partial charge on any atom is 0.191 e. The molecule has 0 aliphatic rings. The highest BCUT2D eigenvalue weighted by Gasteiger charge is 2.03. The third-order valence-electron chi connectivity index (χ3n) is 3.92. The third kappa shape index (κ3) is 6.55. The maximum atomic E-state index is 4.65. The van der Waals surface area contributed by atoms with Crippen molar-refractivity contribution < 1.29 is 0 Å². The summed E-state index contributed by atoms with van der Waals surface area (Å²) in [5.74, 6) is 1.66. The fraction of sp³-hybridized carbons (Fsp3) is 0.368. The Kier molecular flexibility index (Phi) is 9.35. The smallest absolute Gasteiger partial charge is 0.191 e. The summed E-state index contributed by atoms with van der Waals surface area (Å²) in [4.78, 5) is 18.9. The van der Waals surface area contributed by atoms with Crippen molar-refractivity contribution in [3.63, 3.8) is 0 Å². The van der Waals surface area contributed by atoms with E-state index >= 15 is 0 Å². The number of hydrogen-bond donors (Lipinski definition) is 2. The Hall–Kier alpha value is -2.01. The van der Waals surface area contributed by atoms with Crippen LogP contribution in [0.4, 0.5) is 0 Å². The highest BCUT2D eigenvalue weighted by atomic mass is 127. The van der Waals surface area contributed by atoms with E-state index in [2.05, 4.69) is 44.4 Å². The zero-order chi connectivity index (χ0) is 18.9. The Morgan fingerprint density at radius 3 is 2.71 bits per heavy atom. The predicted molar refractivity (Wildman–Crippen MR) is 125 cm³/mol. The van der Waals surface area contributed by atoms with Gasteiger partial charge in [0.15, 0.2) is 5.96 Å². The molecule has 7 nitrogen and oxygen atoms in total. The molecule has 9 heteroatoms. The SMILES string of the molecule is CCNC(=NCc1ccc(-n2ccnc2)nc1)NCCc1ncc(CC)s1.I. The summed E-state index contributed by atoms with van der Waals surface area (Å²) in [5, 5.41) is 7.81. The van der Waals surface area contributed by atoms with Crippen LogP contribution in [0.3, 0.4) is 0 Å². The van der Waals surface area contributed by atoms with Crippen molar-refractivity contribution in [2.75, 3.05) is 13.1 Å². The van der Waals surface area contributed by atoms with Crippen LogP contribution in [0.1, 0.15) is 29.3 Å². The number of aromatic nitrogens is 4. The maximum absolute atomic E-state index is 4.65. The van der Waals surface area contributed by atoms with E-state index in [0.717, 1.165) is 48.3 Å². The standard InChI is InChI=1S/C19H25N7S.HI/c1-3-16-13-24-18(27-16)7-8-22-19(21-4-2)25-12-15-5-6-17(23-11-15)26-10-9-20-14-26;/h5-6,9-11,13-14H,3-4,7-8,12H2,1-2H3,(H2,21,22,25);1H. The van der Waals surface area contributed by atoms with Crippen molar-refractivity contribution in [2.45, 2.75) is 33.2 Å². The van der Waals surface area contributed by atoms with Gasteiger partial charge in [-0.05, 0) is 25.0 Å². The van der Waals surface area contributed by atoms with Crippen LogP contribution in [0.25, 0.3) is 5.82 Å². The van der Waals surface area contributed by atoms with E-state index in [4.69, 9.17) is 0 Å². The number of nitrogens with zero attached hydrogens (tertiary/aromatic N) is 5. The fourth-order valence-corrected chi connectivity index (χ4v) is 3.35. The molecular formula is C19H26IN7S. The lowest BCUT2D eigenvalue weighted by atomic mass is 10.3. The average molecular weight is 511 g/mol. The van der Waals surface area contributed by atoms with Crippen LogP contribution >= 0.6 is 35.3 Å². The van der Waals surface area contributed by atoms with Crippen molar-refractivity contribution in [1.82, 2.24) is 30.2 Å². The Morgan fingerprint density at radius 1 is 1.18 bits per heavy atom. The summed E-state index contributed by atoms with van der Waals surface area (Å²) < 4.78 is 1.88. The van der Waals surface area contributed by atoms with E-state index in [9.17, 15) is 0 Å². The van der Waals surface area contributed by atoms with Gasteiger partial charge >= 0.3 is 0 Å². The molecule has 3 aromatic rings. The molecule has 0 radical (unpaired) electrons. The van der Waals surface area contributed by atoms with Gasteiger partial charge in [-0.2, -0.15) is 0 Å². The van der Waals surface area contributed by atoms with Gasteiger partial charge in [-0.3, -0.25) is 4.57 Å². The predicted octanol–water partition coefficient (Wildman–Crippen LogP) is 3.20. The van der Waals surface area contributed by atoms with Gasteiger partial charge < -0.3 is 10.6 Å².